The Bertz CT molecular complexity index is 530. The van der Waals surface area contributed by atoms with Crippen LogP contribution in [0, 0.1) is 0 Å². The molecule has 1 N–H and O–H groups in total. The van der Waals surface area contributed by atoms with Crippen molar-refractivity contribution in [1.82, 2.24) is 29.9 Å². The zero-order valence-electron chi connectivity index (χ0n) is 16.0. The van der Waals surface area contributed by atoms with Gasteiger partial charge in [0.25, 0.3) is 0 Å². The summed E-state index contributed by atoms with van der Waals surface area (Å²) in [7, 11) is 5.48. The number of aromatic nitrogens is 3. The zero-order valence-corrected chi connectivity index (χ0v) is 18.4. The molecular weight excluding hydrogens is 433 g/mol. The van der Waals surface area contributed by atoms with Crippen LogP contribution in [-0.4, -0.2) is 77.2 Å². The second-order valence-electron chi connectivity index (χ2n) is 5.92. The molecule has 1 amide bonds. The summed E-state index contributed by atoms with van der Waals surface area (Å²) in [5.41, 5.74) is 0. The highest BCUT2D eigenvalue weighted by atomic mass is 127. The second kappa shape index (κ2) is 12.9. The molecule has 1 heterocycles. The van der Waals surface area contributed by atoms with E-state index < -0.39 is 0 Å². The van der Waals surface area contributed by atoms with E-state index in [1.807, 2.05) is 11.6 Å². The molecule has 0 radical (unpaired) electrons. The third kappa shape index (κ3) is 8.50. The highest BCUT2D eigenvalue weighted by molar-refractivity contribution is 14.0. The van der Waals surface area contributed by atoms with Gasteiger partial charge in [-0.15, -0.1) is 34.2 Å². The number of hydrogen-bond donors (Lipinski definition) is 1. The molecule has 0 aliphatic heterocycles. The van der Waals surface area contributed by atoms with E-state index in [2.05, 4.69) is 39.3 Å². The summed E-state index contributed by atoms with van der Waals surface area (Å²) in [5.74, 6) is 1.72. The van der Waals surface area contributed by atoms with Gasteiger partial charge in [0.05, 0.1) is 0 Å². The fourth-order valence-corrected chi connectivity index (χ4v) is 2.12. The van der Waals surface area contributed by atoms with E-state index in [4.69, 9.17) is 0 Å². The monoisotopic (exact) mass is 465 g/mol. The minimum Gasteiger partial charge on any atom is -0.354 e. The van der Waals surface area contributed by atoms with Crippen LogP contribution in [0.1, 0.15) is 32.5 Å². The molecule has 1 aromatic rings. The molecule has 0 spiro atoms. The van der Waals surface area contributed by atoms with Gasteiger partial charge in [0.2, 0.25) is 5.91 Å². The van der Waals surface area contributed by atoms with Crippen LogP contribution in [0.15, 0.2) is 11.3 Å². The first-order valence-corrected chi connectivity index (χ1v) is 8.55. The normalized spacial score (nSPS) is 11.0. The Kier molecular flexibility index (Phi) is 12.2. The number of hydrogen-bond acceptors (Lipinski definition) is 4. The predicted molar refractivity (Wildman–Crippen MR) is 111 cm³/mol. The molecule has 1 aromatic heterocycles. The van der Waals surface area contributed by atoms with Crippen molar-refractivity contribution < 1.29 is 4.79 Å². The van der Waals surface area contributed by atoms with Crippen LogP contribution < -0.4 is 5.32 Å². The van der Waals surface area contributed by atoms with Crippen LogP contribution in [0.25, 0.3) is 0 Å². The van der Waals surface area contributed by atoms with E-state index in [0.717, 1.165) is 44.1 Å². The maximum atomic E-state index is 11.8. The minimum atomic E-state index is -0.00901. The van der Waals surface area contributed by atoms with Crippen molar-refractivity contribution in [3.05, 3.63) is 12.2 Å². The SMILES string of the molecule is CCCCN(C)C(=NCC(=O)N(C)C)NCCn1cnnc1CC.I. The van der Waals surface area contributed by atoms with E-state index >= 15 is 0 Å². The lowest BCUT2D eigenvalue weighted by atomic mass is 10.3. The number of carbonyl (C=O) groups is 1. The number of likely N-dealkylation sites (N-methyl/N-ethyl adjacent to an activating group) is 1. The van der Waals surface area contributed by atoms with E-state index in [9.17, 15) is 4.79 Å². The van der Waals surface area contributed by atoms with Gasteiger partial charge in [0.1, 0.15) is 18.7 Å². The molecule has 0 saturated carbocycles. The van der Waals surface area contributed by atoms with Gasteiger partial charge in [-0.1, -0.05) is 20.3 Å². The lowest BCUT2D eigenvalue weighted by Gasteiger charge is -2.22. The van der Waals surface area contributed by atoms with Crippen molar-refractivity contribution in [2.24, 2.45) is 4.99 Å². The number of carbonyl (C=O) groups excluding carboxylic acids is 1. The first-order chi connectivity index (χ1) is 11.5. The fraction of sp³-hybridized carbons (Fsp3) is 0.750. The summed E-state index contributed by atoms with van der Waals surface area (Å²) in [6, 6.07) is 0. The van der Waals surface area contributed by atoms with Gasteiger partial charge < -0.3 is 19.7 Å². The summed E-state index contributed by atoms with van der Waals surface area (Å²) in [6.07, 6.45) is 4.81. The highest BCUT2D eigenvalue weighted by Crippen LogP contribution is 1.97. The number of aliphatic imine (C=N–C) groups is 1. The number of amides is 1. The Balaban J connectivity index is 0.00000576. The van der Waals surface area contributed by atoms with E-state index in [1.165, 1.54) is 0 Å². The maximum Gasteiger partial charge on any atom is 0.243 e. The van der Waals surface area contributed by atoms with Crippen molar-refractivity contribution in [2.45, 2.75) is 39.7 Å². The summed E-state index contributed by atoms with van der Waals surface area (Å²) >= 11 is 0. The molecule has 0 saturated heterocycles. The lowest BCUT2D eigenvalue weighted by molar-refractivity contribution is -0.127. The van der Waals surface area contributed by atoms with Gasteiger partial charge >= 0.3 is 0 Å². The van der Waals surface area contributed by atoms with Crippen molar-refractivity contribution in [3.8, 4) is 0 Å². The minimum absolute atomic E-state index is 0. The Hall–Kier alpha value is -1.39. The van der Waals surface area contributed by atoms with Gasteiger partial charge in [0.15, 0.2) is 5.96 Å². The third-order valence-electron chi connectivity index (χ3n) is 3.72. The van der Waals surface area contributed by atoms with E-state index in [-0.39, 0.29) is 36.4 Å². The second-order valence-corrected chi connectivity index (χ2v) is 5.92. The molecule has 9 heteroatoms. The summed E-state index contributed by atoms with van der Waals surface area (Å²) in [5, 5.41) is 11.4. The number of guanidine groups is 1. The Morgan fingerprint density at radius 2 is 2.04 bits per heavy atom. The zero-order chi connectivity index (χ0) is 17.9. The largest absolute Gasteiger partial charge is 0.354 e. The standard InChI is InChI=1S/C16H31N7O.HI/c1-6-8-10-22(5)16(18-12-15(24)21(3)4)17-9-11-23-13-19-20-14(23)7-2;/h13H,6-12H2,1-5H3,(H,17,18);1H. The van der Waals surface area contributed by atoms with E-state index in [1.54, 1.807) is 25.3 Å². The molecule has 0 aromatic carbocycles. The van der Waals surface area contributed by atoms with E-state index in [0.29, 0.717) is 6.54 Å². The van der Waals surface area contributed by atoms with Crippen LogP contribution >= 0.6 is 24.0 Å². The van der Waals surface area contributed by atoms with Crippen molar-refractivity contribution in [3.63, 3.8) is 0 Å². The third-order valence-corrected chi connectivity index (χ3v) is 3.72. The number of nitrogens with one attached hydrogen (secondary N) is 1. The molecular formula is C16H32IN7O. The molecule has 1 rings (SSSR count). The van der Waals surface area contributed by atoms with Crippen LogP contribution in [0.4, 0.5) is 0 Å². The van der Waals surface area contributed by atoms with Crippen molar-refractivity contribution >= 4 is 35.8 Å². The van der Waals surface area contributed by atoms with Crippen LogP contribution in [0.2, 0.25) is 0 Å². The van der Waals surface area contributed by atoms with Crippen LogP contribution in [-0.2, 0) is 17.8 Å². The Morgan fingerprint density at radius 3 is 2.64 bits per heavy atom. The number of aryl methyl sites for hydroxylation is 1. The quantitative estimate of drug-likeness (QED) is 0.337. The van der Waals surface area contributed by atoms with Gasteiger partial charge in [-0.25, -0.2) is 4.99 Å². The topological polar surface area (TPSA) is 78.7 Å². The average molecular weight is 465 g/mol. The number of unbranched alkanes of at least 4 members (excludes halogenated alkanes) is 1. The van der Waals surface area contributed by atoms with Crippen LogP contribution in [0.3, 0.4) is 0 Å². The molecule has 8 nitrogen and oxygen atoms in total. The number of rotatable bonds is 9. The summed E-state index contributed by atoms with van der Waals surface area (Å²) < 4.78 is 2.03. The van der Waals surface area contributed by atoms with Crippen LogP contribution in [0.5, 0.6) is 0 Å². The lowest BCUT2D eigenvalue weighted by Crippen LogP contribution is -2.41. The molecule has 25 heavy (non-hydrogen) atoms. The van der Waals surface area contributed by atoms with Crippen molar-refractivity contribution in [2.75, 3.05) is 40.8 Å². The maximum absolute atomic E-state index is 11.8. The highest BCUT2D eigenvalue weighted by Gasteiger charge is 2.09. The Morgan fingerprint density at radius 1 is 1.32 bits per heavy atom. The van der Waals surface area contributed by atoms with Gasteiger partial charge in [0, 0.05) is 47.2 Å². The van der Waals surface area contributed by atoms with Gasteiger partial charge in [-0.05, 0) is 6.42 Å². The molecule has 0 aliphatic carbocycles. The number of nitrogens with zero attached hydrogens (tertiary/aromatic N) is 6. The first kappa shape index (κ1) is 23.6. The van der Waals surface area contributed by atoms with Gasteiger partial charge in [-0.2, -0.15) is 0 Å². The molecule has 0 atom stereocenters. The first-order valence-electron chi connectivity index (χ1n) is 8.55. The van der Waals surface area contributed by atoms with Crippen molar-refractivity contribution in [1.29, 1.82) is 0 Å². The fourth-order valence-electron chi connectivity index (χ4n) is 2.12. The smallest absolute Gasteiger partial charge is 0.243 e. The summed E-state index contributed by atoms with van der Waals surface area (Å²) in [6.45, 7) is 6.75. The molecule has 144 valence electrons. The average Bonchev–Trinajstić information content (AvgIpc) is 3.02. The molecule has 0 unspecified atom stereocenters. The number of halogens is 1. The van der Waals surface area contributed by atoms with Gasteiger partial charge in [-0.3, -0.25) is 4.79 Å². The molecule has 0 bridgehead atoms. The predicted octanol–water partition coefficient (Wildman–Crippen LogP) is 1.22. The molecule has 0 fully saturated rings. The summed E-state index contributed by atoms with van der Waals surface area (Å²) in [4.78, 5) is 19.9. The molecule has 0 aliphatic rings. The Labute approximate surface area is 168 Å².